The van der Waals surface area contributed by atoms with Crippen LogP contribution in [-0.2, 0) is 4.79 Å². The number of nitrogens with zero attached hydrogens (tertiary/aromatic N) is 1. The molecule has 3 amide bonds. The second-order valence-corrected chi connectivity index (χ2v) is 6.05. The molecule has 0 saturated carbocycles. The molecule has 8 heteroatoms. The fourth-order valence-electron chi connectivity index (χ4n) is 2.33. The van der Waals surface area contributed by atoms with Gasteiger partial charge >= 0.3 is 12.0 Å². The van der Waals surface area contributed by atoms with E-state index < -0.39 is 12.0 Å². The lowest BCUT2D eigenvalue weighted by atomic mass is 10.1. The number of primary amides is 1. The molecule has 1 fully saturated rings. The zero-order valence-electron chi connectivity index (χ0n) is 11.8. The number of carbonyl (C=O) groups excluding carboxylic acids is 2. The van der Waals surface area contributed by atoms with Crippen molar-refractivity contribution in [2.24, 2.45) is 5.73 Å². The monoisotopic (exact) mass is 323 g/mol. The van der Waals surface area contributed by atoms with E-state index in [-0.39, 0.29) is 18.4 Å². The van der Waals surface area contributed by atoms with Gasteiger partial charge in [-0.05, 0) is 18.2 Å². The van der Waals surface area contributed by atoms with E-state index in [1.54, 1.807) is 34.9 Å². The summed E-state index contributed by atoms with van der Waals surface area (Å²) < 4.78 is 0. The van der Waals surface area contributed by atoms with Crippen LogP contribution in [0.15, 0.2) is 24.3 Å². The van der Waals surface area contributed by atoms with Gasteiger partial charge in [-0.3, -0.25) is 9.59 Å². The number of amides is 3. The molecule has 0 radical (unpaired) electrons. The molecule has 1 atom stereocenters. The summed E-state index contributed by atoms with van der Waals surface area (Å²) in [7, 11) is 0. The summed E-state index contributed by atoms with van der Waals surface area (Å²) >= 11 is 1.64. The summed E-state index contributed by atoms with van der Waals surface area (Å²) in [5.74, 6) is 0.229. The minimum atomic E-state index is -0.922. The van der Waals surface area contributed by atoms with Gasteiger partial charge in [-0.2, -0.15) is 11.8 Å². The van der Waals surface area contributed by atoms with Crippen molar-refractivity contribution in [1.29, 1.82) is 0 Å². The maximum atomic E-state index is 12.6. The SMILES string of the molecule is NC(=O)Nc1cccc(C(=O)N2CCSCC2CC(=O)O)c1. The first kappa shape index (κ1) is 16.2. The topological polar surface area (TPSA) is 113 Å². The highest BCUT2D eigenvalue weighted by molar-refractivity contribution is 7.99. The normalized spacial score (nSPS) is 17.8. The van der Waals surface area contributed by atoms with E-state index >= 15 is 0 Å². The fraction of sp³-hybridized carbons (Fsp3) is 0.357. The van der Waals surface area contributed by atoms with Crippen molar-refractivity contribution in [1.82, 2.24) is 4.90 Å². The van der Waals surface area contributed by atoms with E-state index in [2.05, 4.69) is 5.32 Å². The summed E-state index contributed by atoms with van der Waals surface area (Å²) in [5, 5.41) is 11.4. The van der Waals surface area contributed by atoms with Gasteiger partial charge in [0.2, 0.25) is 0 Å². The van der Waals surface area contributed by atoms with Crippen LogP contribution in [0.25, 0.3) is 0 Å². The Hall–Kier alpha value is -2.22. The third-order valence-corrected chi connectivity index (χ3v) is 4.37. The molecule has 1 aromatic carbocycles. The molecule has 0 spiro atoms. The minimum absolute atomic E-state index is 0.0715. The van der Waals surface area contributed by atoms with Gasteiger partial charge in [-0.15, -0.1) is 0 Å². The van der Waals surface area contributed by atoms with Crippen molar-refractivity contribution < 1.29 is 19.5 Å². The molecule has 0 bridgehead atoms. The van der Waals surface area contributed by atoms with E-state index in [9.17, 15) is 14.4 Å². The lowest BCUT2D eigenvalue weighted by Gasteiger charge is -2.34. The molecule has 1 unspecified atom stereocenters. The highest BCUT2D eigenvalue weighted by atomic mass is 32.2. The van der Waals surface area contributed by atoms with Crippen LogP contribution < -0.4 is 11.1 Å². The average molecular weight is 323 g/mol. The van der Waals surface area contributed by atoms with Gasteiger partial charge in [-0.25, -0.2) is 4.79 Å². The quantitative estimate of drug-likeness (QED) is 0.771. The smallest absolute Gasteiger partial charge is 0.316 e. The number of anilines is 1. The van der Waals surface area contributed by atoms with Crippen molar-refractivity contribution in [3.8, 4) is 0 Å². The van der Waals surface area contributed by atoms with Crippen molar-refractivity contribution in [2.75, 3.05) is 23.4 Å². The number of benzene rings is 1. The number of carboxylic acid groups (broad SMARTS) is 1. The largest absolute Gasteiger partial charge is 0.481 e. The van der Waals surface area contributed by atoms with Crippen LogP contribution in [-0.4, -0.2) is 52.0 Å². The van der Waals surface area contributed by atoms with Crippen LogP contribution in [0, 0.1) is 0 Å². The fourth-order valence-corrected chi connectivity index (χ4v) is 3.39. The Kier molecular flexibility index (Phi) is 5.26. The van der Waals surface area contributed by atoms with Crippen LogP contribution in [0.1, 0.15) is 16.8 Å². The van der Waals surface area contributed by atoms with Crippen LogP contribution >= 0.6 is 11.8 Å². The Balaban J connectivity index is 2.17. The molecule has 118 valence electrons. The molecule has 2 rings (SSSR count). The number of aliphatic carboxylic acids is 1. The maximum absolute atomic E-state index is 12.6. The van der Waals surface area contributed by atoms with Gasteiger partial charge in [0, 0.05) is 29.3 Å². The average Bonchev–Trinajstić information content (AvgIpc) is 2.46. The summed E-state index contributed by atoms with van der Waals surface area (Å²) in [6.45, 7) is 0.509. The Morgan fingerprint density at radius 3 is 2.86 bits per heavy atom. The molecule has 1 aliphatic heterocycles. The van der Waals surface area contributed by atoms with E-state index in [0.717, 1.165) is 5.75 Å². The predicted octanol–water partition coefficient (Wildman–Crippen LogP) is 1.21. The molecular weight excluding hydrogens is 306 g/mol. The first-order valence-corrected chi connectivity index (χ1v) is 7.90. The molecule has 0 aliphatic carbocycles. The standard InChI is InChI=1S/C14H17N3O4S/c15-14(21)16-10-3-1-2-9(6-10)13(20)17-4-5-22-8-11(17)7-12(18)19/h1-3,6,11H,4-5,7-8H2,(H,18,19)(H3,15,16,21). The molecule has 1 saturated heterocycles. The second kappa shape index (κ2) is 7.17. The molecule has 1 aliphatic rings. The lowest BCUT2D eigenvalue weighted by Crippen LogP contribution is -2.47. The predicted molar refractivity (Wildman–Crippen MR) is 84.1 cm³/mol. The number of nitrogens with two attached hydrogens (primary N) is 1. The molecule has 7 nitrogen and oxygen atoms in total. The van der Waals surface area contributed by atoms with Crippen molar-refractivity contribution in [3.63, 3.8) is 0 Å². The third kappa shape index (κ3) is 4.14. The zero-order valence-corrected chi connectivity index (χ0v) is 12.6. The third-order valence-electron chi connectivity index (χ3n) is 3.28. The lowest BCUT2D eigenvalue weighted by molar-refractivity contribution is -0.138. The van der Waals surface area contributed by atoms with Crippen LogP contribution in [0.2, 0.25) is 0 Å². The van der Waals surface area contributed by atoms with Crippen molar-refractivity contribution in [3.05, 3.63) is 29.8 Å². The van der Waals surface area contributed by atoms with Gasteiger partial charge in [0.1, 0.15) is 0 Å². The van der Waals surface area contributed by atoms with Gasteiger partial charge in [-0.1, -0.05) is 6.07 Å². The number of hydrogen-bond donors (Lipinski definition) is 3. The van der Waals surface area contributed by atoms with Crippen LogP contribution in [0.4, 0.5) is 10.5 Å². The number of carbonyl (C=O) groups is 3. The number of hydrogen-bond acceptors (Lipinski definition) is 4. The number of carboxylic acids is 1. The summed E-state index contributed by atoms with van der Waals surface area (Å²) in [5.41, 5.74) is 5.88. The highest BCUT2D eigenvalue weighted by Gasteiger charge is 2.29. The molecule has 4 N–H and O–H groups in total. The maximum Gasteiger partial charge on any atom is 0.316 e. The van der Waals surface area contributed by atoms with Crippen LogP contribution in [0.5, 0.6) is 0 Å². The molecule has 0 aromatic heterocycles. The summed E-state index contributed by atoms with van der Waals surface area (Å²) in [6, 6.07) is 5.41. The molecular formula is C14H17N3O4S. The Morgan fingerprint density at radius 2 is 2.18 bits per heavy atom. The second-order valence-electron chi connectivity index (χ2n) is 4.90. The van der Waals surface area contributed by atoms with Gasteiger partial charge in [0.15, 0.2) is 0 Å². The van der Waals surface area contributed by atoms with Gasteiger partial charge in [0.05, 0.1) is 12.5 Å². The summed E-state index contributed by atoms with van der Waals surface area (Å²) in [4.78, 5) is 36.0. The Labute approximate surface area is 131 Å². The van der Waals surface area contributed by atoms with Crippen LogP contribution in [0.3, 0.4) is 0 Å². The Morgan fingerprint density at radius 1 is 1.41 bits per heavy atom. The van der Waals surface area contributed by atoms with E-state index in [4.69, 9.17) is 10.8 Å². The van der Waals surface area contributed by atoms with Crippen molar-refractivity contribution >= 4 is 35.4 Å². The number of thioether (sulfide) groups is 1. The molecule has 1 heterocycles. The van der Waals surface area contributed by atoms with Gasteiger partial charge < -0.3 is 21.1 Å². The molecule has 22 heavy (non-hydrogen) atoms. The van der Waals surface area contributed by atoms with E-state index in [0.29, 0.717) is 23.5 Å². The van der Waals surface area contributed by atoms with Gasteiger partial charge in [0.25, 0.3) is 5.91 Å². The Bertz CT molecular complexity index is 593. The summed E-state index contributed by atoms with van der Waals surface area (Å²) in [6.07, 6.45) is -0.0715. The highest BCUT2D eigenvalue weighted by Crippen LogP contribution is 2.22. The van der Waals surface area contributed by atoms with E-state index in [1.165, 1.54) is 6.07 Å². The number of urea groups is 1. The van der Waals surface area contributed by atoms with Crippen molar-refractivity contribution in [2.45, 2.75) is 12.5 Å². The molecule has 1 aromatic rings. The first-order valence-electron chi connectivity index (χ1n) is 6.74. The number of rotatable bonds is 4. The first-order chi connectivity index (χ1) is 10.5. The van der Waals surface area contributed by atoms with E-state index in [1.807, 2.05) is 0 Å². The number of nitrogens with one attached hydrogen (secondary N) is 1. The minimum Gasteiger partial charge on any atom is -0.481 e. The zero-order chi connectivity index (χ0) is 16.1.